The molecular weight excluding hydrogens is 292 g/mol. The molecule has 114 valence electrons. The SMILES string of the molecule is CC(C)C(=O)N1CCC(NC(=O)c2cnc(Cl)cn2)CC1. The van der Waals surface area contributed by atoms with Crippen LogP contribution < -0.4 is 5.32 Å². The van der Waals surface area contributed by atoms with E-state index in [1.165, 1.54) is 12.4 Å². The highest BCUT2D eigenvalue weighted by molar-refractivity contribution is 6.29. The van der Waals surface area contributed by atoms with Crippen LogP contribution in [0.3, 0.4) is 0 Å². The standard InChI is InChI=1S/C14H19ClN4O2/c1-9(2)14(21)19-5-3-10(4-6-19)18-13(20)11-7-17-12(15)8-16-11/h7-10H,3-6H2,1-2H3,(H,18,20). The predicted molar refractivity (Wildman–Crippen MR) is 78.9 cm³/mol. The number of hydrogen-bond acceptors (Lipinski definition) is 4. The molecule has 0 atom stereocenters. The molecule has 1 aromatic rings. The highest BCUT2D eigenvalue weighted by atomic mass is 35.5. The van der Waals surface area contributed by atoms with Crippen LogP contribution in [-0.4, -0.2) is 45.8 Å². The Balaban J connectivity index is 1.84. The van der Waals surface area contributed by atoms with E-state index in [2.05, 4.69) is 15.3 Å². The third-order valence-electron chi connectivity index (χ3n) is 3.49. The van der Waals surface area contributed by atoms with Gasteiger partial charge in [-0.3, -0.25) is 9.59 Å². The van der Waals surface area contributed by atoms with E-state index in [4.69, 9.17) is 11.6 Å². The van der Waals surface area contributed by atoms with E-state index in [0.29, 0.717) is 13.1 Å². The minimum atomic E-state index is -0.257. The normalized spacial score (nSPS) is 16.1. The lowest BCUT2D eigenvalue weighted by molar-refractivity contribution is -0.135. The largest absolute Gasteiger partial charge is 0.348 e. The Morgan fingerprint density at radius 2 is 1.95 bits per heavy atom. The van der Waals surface area contributed by atoms with E-state index in [1.54, 1.807) is 0 Å². The fourth-order valence-electron chi connectivity index (χ4n) is 2.30. The highest BCUT2D eigenvalue weighted by Crippen LogP contribution is 2.13. The fourth-order valence-corrected chi connectivity index (χ4v) is 2.40. The fraction of sp³-hybridized carbons (Fsp3) is 0.571. The van der Waals surface area contributed by atoms with Crippen LogP contribution in [0.2, 0.25) is 5.15 Å². The number of nitrogens with one attached hydrogen (secondary N) is 1. The van der Waals surface area contributed by atoms with Crippen LogP contribution in [0.15, 0.2) is 12.4 Å². The number of piperidine rings is 1. The van der Waals surface area contributed by atoms with Gasteiger partial charge in [-0.25, -0.2) is 9.97 Å². The lowest BCUT2D eigenvalue weighted by Crippen LogP contribution is -2.47. The average molecular weight is 311 g/mol. The molecule has 0 saturated carbocycles. The molecule has 2 amide bonds. The number of halogens is 1. The quantitative estimate of drug-likeness (QED) is 0.918. The summed E-state index contributed by atoms with van der Waals surface area (Å²) >= 11 is 5.64. The minimum Gasteiger partial charge on any atom is -0.348 e. The predicted octanol–water partition coefficient (Wildman–Crippen LogP) is 1.51. The van der Waals surface area contributed by atoms with Gasteiger partial charge in [-0.2, -0.15) is 0 Å². The molecule has 1 aromatic heterocycles. The second-order valence-corrected chi connectivity index (χ2v) is 5.84. The van der Waals surface area contributed by atoms with Gasteiger partial charge < -0.3 is 10.2 Å². The summed E-state index contributed by atoms with van der Waals surface area (Å²) in [5, 5.41) is 3.18. The van der Waals surface area contributed by atoms with Gasteiger partial charge in [0.05, 0.1) is 12.4 Å². The molecule has 0 aliphatic carbocycles. The van der Waals surface area contributed by atoms with Gasteiger partial charge in [-0.15, -0.1) is 0 Å². The molecule has 6 nitrogen and oxygen atoms in total. The van der Waals surface area contributed by atoms with E-state index in [0.717, 1.165) is 12.8 Å². The monoisotopic (exact) mass is 310 g/mol. The molecule has 0 aromatic carbocycles. The number of aromatic nitrogens is 2. The Labute approximate surface area is 128 Å². The average Bonchev–Trinajstić information content (AvgIpc) is 2.47. The number of amides is 2. The summed E-state index contributed by atoms with van der Waals surface area (Å²) in [6.07, 6.45) is 4.21. The van der Waals surface area contributed by atoms with E-state index in [1.807, 2.05) is 18.7 Å². The van der Waals surface area contributed by atoms with Gasteiger partial charge in [-0.1, -0.05) is 25.4 Å². The molecule has 21 heavy (non-hydrogen) atoms. The van der Waals surface area contributed by atoms with Crippen molar-refractivity contribution < 1.29 is 9.59 Å². The molecule has 1 saturated heterocycles. The first-order chi connectivity index (χ1) is 9.97. The maximum absolute atomic E-state index is 12.0. The van der Waals surface area contributed by atoms with Crippen molar-refractivity contribution in [1.29, 1.82) is 0 Å². The van der Waals surface area contributed by atoms with Crippen molar-refractivity contribution in [1.82, 2.24) is 20.2 Å². The molecule has 7 heteroatoms. The summed E-state index contributed by atoms with van der Waals surface area (Å²) in [6, 6.07) is 0.0613. The van der Waals surface area contributed by atoms with Gasteiger partial charge in [0.1, 0.15) is 10.8 Å². The Kier molecular flexibility index (Phi) is 5.12. The van der Waals surface area contributed by atoms with Gasteiger partial charge in [0.15, 0.2) is 0 Å². The molecule has 0 unspecified atom stereocenters. The number of rotatable bonds is 3. The Hall–Kier alpha value is -1.69. The summed E-state index contributed by atoms with van der Waals surface area (Å²) in [5.41, 5.74) is 0.250. The van der Waals surface area contributed by atoms with Gasteiger partial charge in [0.25, 0.3) is 5.91 Å². The molecule has 1 N–H and O–H groups in total. The van der Waals surface area contributed by atoms with Gasteiger partial charge in [0, 0.05) is 25.0 Å². The number of carbonyl (C=O) groups excluding carboxylic acids is 2. The second kappa shape index (κ2) is 6.85. The smallest absolute Gasteiger partial charge is 0.271 e. The Morgan fingerprint density at radius 1 is 1.29 bits per heavy atom. The summed E-state index contributed by atoms with van der Waals surface area (Å²) in [4.78, 5) is 33.5. The van der Waals surface area contributed by atoms with Crippen molar-refractivity contribution in [3.8, 4) is 0 Å². The number of nitrogens with zero attached hydrogens (tertiary/aromatic N) is 3. The topological polar surface area (TPSA) is 75.2 Å². The van der Waals surface area contributed by atoms with E-state index in [9.17, 15) is 9.59 Å². The first-order valence-corrected chi connectivity index (χ1v) is 7.42. The molecule has 0 spiro atoms. The van der Waals surface area contributed by atoms with Crippen molar-refractivity contribution >= 4 is 23.4 Å². The van der Waals surface area contributed by atoms with Gasteiger partial charge >= 0.3 is 0 Å². The second-order valence-electron chi connectivity index (χ2n) is 5.45. The van der Waals surface area contributed by atoms with Gasteiger partial charge in [-0.05, 0) is 12.8 Å². The number of likely N-dealkylation sites (tertiary alicyclic amines) is 1. The molecule has 1 aliphatic heterocycles. The third-order valence-corrected chi connectivity index (χ3v) is 3.68. The zero-order valence-electron chi connectivity index (χ0n) is 12.2. The van der Waals surface area contributed by atoms with Crippen LogP contribution in [0.1, 0.15) is 37.2 Å². The lowest BCUT2D eigenvalue weighted by Gasteiger charge is -2.33. The zero-order valence-corrected chi connectivity index (χ0v) is 12.9. The zero-order chi connectivity index (χ0) is 15.4. The van der Waals surface area contributed by atoms with Crippen LogP contribution in [0.5, 0.6) is 0 Å². The van der Waals surface area contributed by atoms with Crippen molar-refractivity contribution in [3.05, 3.63) is 23.2 Å². The first-order valence-electron chi connectivity index (χ1n) is 7.04. The van der Waals surface area contributed by atoms with Crippen LogP contribution in [0.25, 0.3) is 0 Å². The van der Waals surface area contributed by atoms with Crippen molar-refractivity contribution in [3.63, 3.8) is 0 Å². The van der Waals surface area contributed by atoms with E-state index < -0.39 is 0 Å². The van der Waals surface area contributed by atoms with Crippen LogP contribution in [0.4, 0.5) is 0 Å². The maximum Gasteiger partial charge on any atom is 0.271 e. The molecular formula is C14H19ClN4O2. The summed E-state index contributed by atoms with van der Waals surface area (Å²) in [6.45, 7) is 5.15. The minimum absolute atomic E-state index is 0.0143. The summed E-state index contributed by atoms with van der Waals surface area (Å²) in [5.74, 6) is -0.0726. The molecule has 1 aliphatic rings. The van der Waals surface area contributed by atoms with Crippen molar-refractivity contribution in [2.24, 2.45) is 5.92 Å². The van der Waals surface area contributed by atoms with Crippen LogP contribution in [-0.2, 0) is 4.79 Å². The van der Waals surface area contributed by atoms with Crippen molar-refractivity contribution in [2.45, 2.75) is 32.7 Å². The van der Waals surface area contributed by atoms with Crippen LogP contribution in [0, 0.1) is 5.92 Å². The lowest BCUT2D eigenvalue weighted by atomic mass is 10.0. The Morgan fingerprint density at radius 3 is 2.48 bits per heavy atom. The highest BCUT2D eigenvalue weighted by Gasteiger charge is 2.25. The van der Waals surface area contributed by atoms with E-state index >= 15 is 0 Å². The molecule has 2 rings (SSSR count). The first kappa shape index (κ1) is 15.7. The Bertz CT molecular complexity index is 510. The molecule has 0 bridgehead atoms. The molecule has 1 fully saturated rings. The van der Waals surface area contributed by atoms with E-state index in [-0.39, 0.29) is 34.6 Å². The van der Waals surface area contributed by atoms with Crippen LogP contribution >= 0.6 is 11.6 Å². The summed E-state index contributed by atoms with van der Waals surface area (Å²) < 4.78 is 0. The molecule has 0 radical (unpaired) electrons. The van der Waals surface area contributed by atoms with Crippen molar-refractivity contribution in [2.75, 3.05) is 13.1 Å². The van der Waals surface area contributed by atoms with Gasteiger partial charge in [0.2, 0.25) is 5.91 Å². The third kappa shape index (κ3) is 4.14. The number of hydrogen-bond donors (Lipinski definition) is 1. The number of carbonyl (C=O) groups is 2. The maximum atomic E-state index is 12.0. The summed E-state index contributed by atoms with van der Waals surface area (Å²) in [7, 11) is 0. The molecule has 2 heterocycles.